The van der Waals surface area contributed by atoms with Crippen LogP contribution >= 0.6 is 0 Å². The molecule has 0 bridgehead atoms. The summed E-state index contributed by atoms with van der Waals surface area (Å²) in [7, 11) is -3.73. The molecule has 1 nitrogen and oxygen atoms in total. The molecule has 3 heteroatoms. The van der Waals surface area contributed by atoms with E-state index in [0.29, 0.717) is 0 Å². The van der Waals surface area contributed by atoms with Gasteiger partial charge in [0.05, 0.1) is 0 Å². The Morgan fingerprint density at radius 1 is 0.429 bits per heavy atom. The van der Waals surface area contributed by atoms with Crippen LogP contribution in [0.15, 0.2) is 0 Å². The Labute approximate surface area is 222 Å². The average molecular weight is 519 g/mol. The predicted molar refractivity (Wildman–Crippen MR) is 159 cm³/mol. The molecule has 0 aromatic heterocycles. The molecule has 0 aliphatic heterocycles. The van der Waals surface area contributed by atoms with Crippen molar-refractivity contribution in [1.29, 1.82) is 0 Å². The Hall–Kier alpha value is 0.394. The van der Waals surface area contributed by atoms with E-state index in [1.807, 2.05) is 0 Å². The lowest BCUT2D eigenvalue weighted by Crippen LogP contribution is -2.62. The summed E-state index contributed by atoms with van der Waals surface area (Å²) in [5.74, 6) is 1.63. The fourth-order valence-electron chi connectivity index (χ4n) is 9.74. The Morgan fingerprint density at radius 2 is 0.657 bits per heavy atom. The van der Waals surface area contributed by atoms with Crippen molar-refractivity contribution in [3.63, 3.8) is 0 Å². The molecule has 4 aliphatic rings. The van der Waals surface area contributed by atoms with Gasteiger partial charge in [-0.2, -0.15) is 0 Å². The summed E-state index contributed by atoms with van der Waals surface area (Å²) >= 11 is 0. The molecular formula is C32H62OSi2. The van der Waals surface area contributed by atoms with Crippen molar-refractivity contribution in [2.24, 2.45) is 11.8 Å². The highest BCUT2D eigenvalue weighted by Gasteiger charge is 2.58. The third kappa shape index (κ3) is 6.89. The molecule has 4 saturated carbocycles. The zero-order chi connectivity index (χ0) is 24.7. The van der Waals surface area contributed by atoms with Crippen molar-refractivity contribution in [3.8, 4) is 0 Å². The standard InChI is InChI=1S/C32H62OSi2/c1-27(2)25-34(29-17-9-5-10-18-29,30-19-11-6-12-20-30)33-35(26-28(3)4,31-21-13-7-14-22-31)32-23-15-8-16-24-32/h27-32H,5-26H2,1-4H3. The summed E-state index contributed by atoms with van der Waals surface area (Å²) in [6.07, 6.45) is 30.2. The van der Waals surface area contributed by atoms with E-state index in [4.69, 9.17) is 4.12 Å². The Kier molecular flexibility index (Phi) is 10.9. The first-order chi connectivity index (χ1) is 17.0. The minimum absolute atomic E-state index is 0.814. The number of hydrogen-bond acceptors (Lipinski definition) is 1. The van der Waals surface area contributed by atoms with Gasteiger partial charge in [0.1, 0.15) is 0 Å². The van der Waals surface area contributed by atoms with Gasteiger partial charge >= 0.3 is 0 Å². The fourth-order valence-corrected chi connectivity index (χ4v) is 26.7. The molecule has 0 atom stereocenters. The van der Waals surface area contributed by atoms with Crippen LogP contribution in [0, 0.1) is 11.8 Å². The molecular weight excluding hydrogens is 457 g/mol. The summed E-state index contributed by atoms with van der Waals surface area (Å²) in [5, 5.41) is 0. The Morgan fingerprint density at radius 3 is 0.857 bits per heavy atom. The van der Waals surface area contributed by atoms with Crippen LogP contribution in [0.2, 0.25) is 34.3 Å². The van der Waals surface area contributed by atoms with Crippen molar-refractivity contribution >= 4 is 16.6 Å². The maximum absolute atomic E-state index is 8.68. The van der Waals surface area contributed by atoms with Crippen LogP contribution in [0.3, 0.4) is 0 Å². The van der Waals surface area contributed by atoms with Gasteiger partial charge in [0.25, 0.3) is 0 Å². The van der Waals surface area contributed by atoms with Gasteiger partial charge in [-0.3, -0.25) is 0 Å². The molecule has 0 spiro atoms. The SMILES string of the molecule is CC(C)C[Si](O[Si](CC(C)C)(C1CCCCC1)C1CCCCC1)(C1CCCCC1)C1CCCCC1. The topological polar surface area (TPSA) is 9.23 Å². The highest BCUT2D eigenvalue weighted by atomic mass is 28.4. The van der Waals surface area contributed by atoms with Gasteiger partial charge in [-0.15, -0.1) is 0 Å². The lowest BCUT2D eigenvalue weighted by Gasteiger charge is -2.57. The normalized spacial score (nSPS) is 25.5. The minimum Gasteiger partial charge on any atom is -0.454 e. The van der Waals surface area contributed by atoms with Gasteiger partial charge in [0, 0.05) is 0 Å². The van der Waals surface area contributed by atoms with Gasteiger partial charge in [0.15, 0.2) is 16.6 Å². The van der Waals surface area contributed by atoms with Crippen LogP contribution in [-0.2, 0) is 4.12 Å². The second-order valence-corrected chi connectivity index (χ2v) is 23.3. The maximum Gasteiger partial charge on any atom is 0.186 e. The summed E-state index contributed by atoms with van der Waals surface area (Å²) in [6.45, 7) is 10.2. The summed E-state index contributed by atoms with van der Waals surface area (Å²) in [4.78, 5) is 0. The summed E-state index contributed by atoms with van der Waals surface area (Å²) in [6, 6.07) is 2.99. The van der Waals surface area contributed by atoms with E-state index in [-0.39, 0.29) is 0 Å². The molecule has 0 amide bonds. The van der Waals surface area contributed by atoms with Crippen molar-refractivity contribution in [2.75, 3.05) is 0 Å². The van der Waals surface area contributed by atoms with Gasteiger partial charge in [-0.05, 0) is 46.1 Å². The number of hydrogen-bond donors (Lipinski definition) is 0. The molecule has 0 heterocycles. The van der Waals surface area contributed by atoms with E-state index in [2.05, 4.69) is 27.7 Å². The molecule has 0 radical (unpaired) electrons. The second-order valence-electron chi connectivity index (χ2n) is 14.5. The van der Waals surface area contributed by atoms with Crippen LogP contribution in [0.4, 0.5) is 0 Å². The van der Waals surface area contributed by atoms with Crippen LogP contribution < -0.4 is 0 Å². The third-order valence-corrected chi connectivity index (χ3v) is 24.8. The predicted octanol–water partition coefficient (Wildman–Crippen LogP) is 11.5. The lowest BCUT2D eigenvalue weighted by atomic mass is 9.99. The largest absolute Gasteiger partial charge is 0.454 e. The van der Waals surface area contributed by atoms with Gasteiger partial charge in [-0.25, -0.2) is 0 Å². The summed E-state index contributed by atoms with van der Waals surface area (Å²) < 4.78 is 8.68. The average Bonchev–Trinajstić information content (AvgIpc) is 2.89. The molecule has 4 rings (SSSR count). The molecule has 0 aromatic rings. The highest BCUT2D eigenvalue weighted by molar-refractivity contribution is 6.90. The number of rotatable bonds is 10. The first kappa shape index (κ1) is 28.4. The molecule has 0 N–H and O–H groups in total. The first-order valence-electron chi connectivity index (χ1n) is 16.7. The fraction of sp³-hybridized carbons (Fsp3) is 1.00. The van der Waals surface area contributed by atoms with Crippen LogP contribution in [0.5, 0.6) is 0 Å². The van der Waals surface area contributed by atoms with Crippen molar-refractivity contribution < 1.29 is 4.12 Å². The smallest absolute Gasteiger partial charge is 0.186 e. The molecule has 35 heavy (non-hydrogen) atoms. The van der Waals surface area contributed by atoms with E-state index in [0.717, 1.165) is 34.0 Å². The monoisotopic (exact) mass is 518 g/mol. The van der Waals surface area contributed by atoms with Crippen molar-refractivity contribution in [3.05, 3.63) is 0 Å². The van der Waals surface area contributed by atoms with E-state index < -0.39 is 16.6 Å². The Bertz CT molecular complexity index is 505. The van der Waals surface area contributed by atoms with Gasteiger partial charge in [0.2, 0.25) is 0 Å². The lowest BCUT2D eigenvalue weighted by molar-refractivity contribution is 0.324. The van der Waals surface area contributed by atoms with Crippen LogP contribution in [0.25, 0.3) is 0 Å². The maximum atomic E-state index is 8.68. The molecule has 0 saturated heterocycles. The van der Waals surface area contributed by atoms with E-state index in [1.54, 1.807) is 0 Å². The van der Waals surface area contributed by atoms with Crippen LogP contribution in [-0.4, -0.2) is 16.6 Å². The molecule has 204 valence electrons. The third-order valence-electron chi connectivity index (χ3n) is 11.0. The first-order valence-corrected chi connectivity index (χ1v) is 21.2. The zero-order valence-electron chi connectivity index (χ0n) is 24.4. The molecule has 4 aliphatic carbocycles. The van der Waals surface area contributed by atoms with Gasteiger partial charge in [-0.1, -0.05) is 156 Å². The van der Waals surface area contributed by atoms with E-state index in [9.17, 15) is 0 Å². The second kappa shape index (κ2) is 13.5. The van der Waals surface area contributed by atoms with Crippen molar-refractivity contribution in [1.82, 2.24) is 0 Å². The molecule has 0 unspecified atom stereocenters. The van der Waals surface area contributed by atoms with Crippen molar-refractivity contribution in [2.45, 2.75) is 190 Å². The Balaban J connectivity index is 1.80. The summed E-state index contributed by atoms with van der Waals surface area (Å²) in [5.41, 5.74) is 3.92. The molecule has 0 aromatic carbocycles. The minimum atomic E-state index is -1.87. The quantitative estimate of drug-likeness (QED) is 0.261. The zero-order valence-corrected chi connectivity index (χ0v) is 26.4. The van der Waals surface area contributed by atoms with E-state index >= 15 is 0 Å². The van der Waals surface area contributed by atoms with Gasteiger partial charge < -0.3 is 4.12 Å². The molecule has 4 fully saturated rings. The highest BCUT2D eigenvalue weighted by Crippen LogP contribution is 2.59. The van der Waals surface area contributed by atoms with Crippen LogP contribution in [0.1, 0.15) is 156 Å². The van der Waals surface area contributed by atoms with E-state index in [1.165, 1.54) is 141 Å².